The minimum absolute atomic E-state index is 0.0517. The molecule has 10 nitrogen and oxygen atoms in total. The normalized spacial score (nSPS) is 16.0. The number of halogens is 3. The van der Waals surface area contributed by atoms with Crippen LogP contribution in [0.2, 0.25) is 0 Å². The quantitative estimate of drug-likeness (QED) is 0.584. The van der Waals surface area contributed by atoms with Crippen LogP contribution < -0.4 is 5.32 Å². The largest absolute Gasteiger partial charge is 0.490 e. The molecule has 0 spiro atoms. The molecule has 4 heterocycles. The molecule has 0 fully saturated rings. The number of carbonyl (C=O) groups is 2. The van der Waals surface area contributed by atoms with Crippen molar-refractivity contribution in [3.05, 3.63) is 59.4 Å². The van der Waals surface area contributed by atoms with E-state index >= 15 is 0 Å². The van der Waals surface area contributed by atoms with Crippen molar-refractivity contribution in [2.45, 2.75) is 45.7 Å². The fourth-order valence-electron chi connectivity index (χ4n) is 3.35. The summed E-state index contributed by atoms with van der Waals surface area (Å²) in [6, 6.07) is 3.31. The van der Waals surface area contributed by atoms with Gasteiger partial charge < -0.3 is 23.9 Å². The van der Waals surface area contributed by atoms with E-state index < -0.39 is 12.1 Å². The average Bonchev–Trinajstić information content (AvgIpc) is 3.50. The number of nitrogens with one attached hydrogen (secondary N) is 1. The van der Waals surface area contributed by atoms with Crippen LogP contribution in [0.4, 0.5) is 13.2 Å². The molecule has 3 aromatic rings. The lowest BCUT2D eigenvalue weighted by Gasteiger charge is -2.33. The minimum Gasteiger partial charge on any atom is -0.475 e. The first-order chi connectivity index (χ1) is 15.6. The molecule has 0 aromatic carbocycles. The number of carboxylic acid groups (broad SMARTS) is 1. The van der Waals surface area contributed by atoms with Gasteiger partial charge in [-0.1, -0.05) is 5.16 Å². The molecular formula is C20H22F3N5O5. The molecule has 1 atom stereocenters. The number of imidazole rings is 1. The molecule has 0 bridgehead atoms. The highest BCUT2D eigenvalue weighted by atomic mass is 19.4. The molecule has 33 heavy (non-hydrogen) atoms. The maximum atomic E-state index is 12.8. The second-order valence-corrected chi connectivity index (χ2v) is 7.38. The summed E-state index contributed by atoms with van der Waals surface area (Å²) in [5.74, 6) is -1.26. The Morgan fingerprint density at radius 1 is 1.33 bits per heavy atom. The summed E-state index contributed by atoms with van der Waals surface area (Å²) in [5.41, 5.74) is 2.98. The topological polar surface area (TPSA) is 127 Å². The van der Waals surface area contributed by atoms with E-state index in [9.17, 15) is 18.0 Å². The number of aromatic nitrogens is 3. The minimum atomic E-state index is -5.08. The van der Waals surface area contributed by atoms with Crippen molar-refractivity contribution in [1.29, 1.82) is 0 Å². The number of amides is 1. The lowest BCUT2D eigenvalue weighted by Crippen LogP contribution is -2.44. The second kappa shape index (κ2) is 9.90. The van der Waals surface area contributed by atoms with Gasteiger partial charge in [-0.2, -0.15) is 13.2 Å². The van der Waals surface area contributed by atoms with E-state index in [0.717, 1.165) is 35.0 Å². The van der Waals surface area contributed by atoms with Crippen molar-refractivity contribution < 1.29 is 36.8 Å². The Labute approximate surface area is 186 Å². The number of fused-ring (bicyclic) bond motifs is 1. The monoisotopic (exact) mass is 469 g/mol. The molecular weight excluding hydrogens is 447 g/mol. The Morgan fingerprint density at radius 2 is 2.06 bits per heavy atom. The van der Waals surface area contributed by atoms with Gasteiger partial charge in [-0.3, -0.25) is 9.69 Å². The van der Waals surface area contributed by atoms with Gasteiger partial charge in [0, 0.05) is 31.4 Å². The van der Waals surface area contributed by atoms with E-state index in [-0.39, 0.29) is 11.9 Å². The van der Waals surface area contributed by atoms with Gasteiger partial charge in [-0.05, 0) is 26.0 Å². The average molecular weight is 469 g/mol. The molecule has 1 aliphatic rings. The predicted octanol–water partition coefficient (Wildman–Crippen LogP) is 2.59. The van der Waals surface area contributed by atoms with Crippen LogP contribution in [0.25, 0.3) is 0 Å². The number of aliphatic carboxylic acids is 1. The van der Waals surface area contributed by atoms with Crippen LogP contribution in [-0.4, -0.2) is 49.3 Å². The lowest BCUT2D eigenvalue weighted by molar-refractivity contribution is -0.192. The zero-order valence-electron chi connectivity index (χ0n) is 17.8. The van der Waals surface area contributed by atoms with E-state index in [1.165, 1.54) is 0 Å². The molecule has 2 N–H and O–H groups in total. The summed E-state index contributed by atoms with van der Waals surface area (Å²) >= 11 is 0. The number of carbonyl (C=O) groups excluding carboxylic acids is 1. The van der Waals surface area contributed by atoms with Crippen molar-refractivity contribution >= 4 is 11.9 Å². The number of nitrogens with zero attached hydrogens (tertiary/aromatic N) is 4. The Hall–Kier alpha value is -3.61. The molecule has 0 aliphatic carbocycles. The fraction of sp³-hybridized carbons (Fsp3) is 0.400. The third-order valence-corrected chi connectivity index (χ3v) is 5.02. The first-order valence-electron chi connectivity index (χ1n) is 9.81. The first-order valence-corrected chi connectivity index (χ1v) is 9.81. The zero-order chi connectivity index (χ0) is 24.2. The van der Waals surface area contributed by atoms with Crippen molar-refractivity contribution in [3.63, 3.8) is 0 Å². The van der Waals surface area contributed by atoms with Crippen molar-refractivity contribution in [2.24, 2.45) is 0 Å². The number of hydrogen-bond donors (Lipinski definition) is 2. The summed E-state index contributed by atoms with van der Waals surface area (Å²) in [6.45, 7) is 6.23. The van der Waals surface area contributed by atoms with E-state index in [0.29, 0.717) is 19.6 Å². The smallest absolute Gasteiger partial charge is 0.475 e. The second-order valence-electron chi connectivity index (χ2n) is 7.38. The highest BCUT2D eigenvalue weighted by Gasteiger charge is 2.38. The SMILES string of the molecule is Cc1noc(C)c1CN1Cc2cncn2C(C(=O)NCc2ccco2)C1.O=C(O)C(F)(F)F. The Kier molecular flexibility index (Phi) is 7.21. The summed E-state index contributed by atoms with van der Waals surface area (Å²) < 4.78 is 44.2. The van der Waals surface area contributed by atoms with Crippen LogP contribution in [-0.2, 0) is 29.2 Å². The number of aryl methyl sites for hydroxylation is 2. The van der Waals surface area contributed by atoms with Gasteiger partial charge in [0.2, 0.25) is 5.91 Å². The third kappa shape index (κ3) is 6.00. The van der Waals surface area contributed by atoms with E-state index in [2.05, 4.69) is 20.4 Å². The molecule has 178 valence electrons. The van der Waals surface area contributed by atoms with Gasteiger partial charge in [-0.25, -0.2) is 9.78 Å². The van der Waals surface area contributed by atoms with Gasteiger partial charge in [0.05, 0.1) is 30.5 Å². The van der Waals surface area contributed by atoms with Crippen molar-refractivity contribution in [3.8, 4) is 0 Å². The Balaban J connectivity index is 0.000000383. The Morgan fingerprint density at radius 3 is 2.64 bits per heavy atom. The van der Waals surface area contributed by atoms with Crippen LogP contribution in [0.3, 0.4) is 0 Å². The van der Waals surface area contributed by atoms with Gasteiger partial charge >= 0.3 is 12.1 Å². The van der Waals surface area contributed by atoms with Crippen LogP contribution in [0.15, 0.2) is 39.9 Å². The number of furan rings is 1. The Bertz CT molecular complexity index is 1070. The fourth-order valence-corrected chi connectivity index (χ4v) is 3.35. The first kappa shape index (κ1) is 24.0. The predicted molar refractivity (Wildman–Crippen MR) is 106 cm³/mol. The molecule has 4 rings (SSSR count). The summed E-state index contributed by atoms with van der Waals surface area (Å²) in [6.07, 6.45) is 0.0490. The lowest BCUT2D eigenvalue weighted by atomic mass is 10.1. The van der Waals surface area contributed by atoms with Crippen LogP contribution in [0, 0.1) is 13.8 Å². The number of rotatable bonds is 5. The molecule has 13 heteroatoms. The van der Waals surface area contributed by atoms with Crippen LogP contribution >= 0.6 is 0 Å². The van der Waals surface area contributed by atoms with E-state index in [1.807, 2.05) is 30.7 Å². The number of carboxylic acids is 1. The van der Waals surface area contributed by atoms with Crippen LogP contribution in [0.1, 0.15) is 34.5 Å². The summed E-state index contributed by atoms with van der Waals surface area (Å²) in [7, 11) is 0. The molecule has 1 aliphatic heterocycles. The zero-order valence-corrected chi connectivity index (χ0v) is 17.8. The van der Waals surface area contributed by atoms with Gasteiger partial charge in [0.1, 0.15) is 17.6 Å². The van der Waals surface area contributed by atoms with Gasteiger partial charge in [0.15, 0.2) is 0 Å². The highest BCUT2D eigenvalue weighted by Crippen LogP contribution is 2.24. The maximum Gasteiger partial charge on any atom is 0.490 e. The molecule has 1 amide bonds. The summed E-state index contributed by atoms with van der Waals surface area (Å²) in [4.78, 5) is 28.1. The molecule has 0 radical (unpaired) electrons. The van der Waals surface area contributed by atoms with Crippen molar-refractivity contribution in [1.82, 2.24) is 24.9 Å². The maximum absolute atomic E-state index is 12.8. The van der Waals surface area contributed by atoms with Crippen molar-refractivity contribution in [2.75, 3.05) is 6.54 Å². The van der Waals surface area contributed by atoms with Gasteiger partial charge in [0.25, 0.3) is 0 Å². The molecule has 3 aromatic heterocycles. The number of hydrogen-bond acceptors (Lipinski definition) is 7. The standard InChI is InChI=1S/C18H21N5O3.C2HF3O2/c1-12-16(13(2)26-21-12)9-22-8-14-6-19-11-23(14)17(10-22)18(24)20-7-15-4-3-5-25-15;3-2(4,5)1(6)7/h3-6,11,17H,7-10H2,1-2H3,(H,20,24);(H,6,7). The number of alkyl halides is 3. The highest BCUT2D eigenvalue weighted by molar-refractivity contribution is 5.80. The molecule has 0 saturated heterocycles. The summed E-state index contributed by atoms with van der Waals surface area (Å²) in [5, 5.41) is 14.1. The van der Waals surface area contributed by atoms with E-state index in [4.69, 9.17) is 18.8 Å². The molecule has 0 saturated carbocycles. The third-order valence-electron chi connectivity index (χ3n) is 5.02. The van der Waals surface area contributed by atoms with Crippen LogP contribution in [0.5, 0.6) is 0 Å². The van der Waals surface area contributed by atoms with Gasteiger partial charge in [-0.15, -0.1) is 0 Å². The van der Waals surface area contributed by atoms with E-state index in [1.54, 1.807) is 18.7 Å². The molecule has 1 unspecified atom stereocenters.